The van der Waals surface area contributed by atoms with Gasteiger partial charge in [0, 0.05) is 45.8 Å². The number of rotatable bonds is 7. The second kappa shape index (κ2) is 11.9. The van der Waals surface area contributed by atoms with Crippen LogP contribution in [-0.2, 0) is 14.3 Å². The molecule has 1 N–H and O–H groups in total. The van der Waals surface area contributed by atoms with Crippen LogP contribution in [0, 0.1) is 0 Å². The second-order valence-corrected chi connectivity index (χ2v) is 8.62. The molecule has 4 rings (SSSR count). The molecule has 2 fully saturated rings. The summed E-state index contributed by atoms with van der Waals surface area (Å²) in [5.41, 5.74) is 2.47. The van der Waals surface area contributed by atoms with Crippen LogP contribution in [0.1, 0.15) is 23.6 Å². The molecule has 2 aliphatic rings. The summed E-state index contributed by atoms with van der Waals surface area (Å²) in [5.74, 6) is -0.912. The van der Waals surface area contributed by atoms with Gasteiger partial charge in [0.15, 0.2) is 0 Å². The van der Waals surface area contributed by atoms with Crippen molar-refractivity contribution in [1.29, 1.82) is 0 Å². The van der Waals surface area contributed by atoms with Gasteiger partial charge in [0.1, 0.15) is 0 Å². The Kier molecular flexibility index (Phi) is 8.47. The number of ether oxygens (including phenoxy) is 1. The Balaban J connectivity index is 1.27. The fraction of sp³-hybridized carbons (Fsp3) is 0.462. The second-order valence-electron chi connectivity index (χ2n) is 8.62. The fourth-order valence-corrected chi connectivity index (χ4v) is 4.62. The van der Waals surface area contributed by atoms with Crippen molar-refractivity contribution in [2.75, 3.05) is 65.6 Å². The number of morpholine rings is 1. The van der Waals surface area contributed by atoms with Crippen LogP contribution in [0.2, 0.25) is 0 Å². The van der Waals surface area contributed by atoms with Gasteiger partial charge >= 0.3 is 11.8 Å². The van der Waals surface area contributed by atoms with Crippen molar-refractivity contribution in [2.24, 2.45) is 0 Å². The molecule has 0 bridgehead atoms. The summed E-state index contributed by atoms with van der Waals surface area (Å²) in [6, 6.07) is 21.1. The van der Waals surface area contributed by atoms with E-state index >= 15 is 0 Å². The van der Waals surface area contributed by atoms with Gasteiger partial charge < -0.3 is 15.0 Å². The Morgan fingerprint density at radius 3 is 1.97 bits per heavy atom. The highest BCUT2D eigenvalue weighted by atomic mass is 16.5. The normalized spacial score (nSPS) is 17.8. The fourth-order valence-electron chi connectivity index (χ4n) is 4.62. The summed E-state index contributed by atoms with van der Waals surface area (Å²) in [6.07, 6.45) is 0.836. The van der Waals surface area contributed by atoms with Gasteiger partial charge in [-0.15, -0.1) is 0 Å². The third kappa shape index (κ3) is 6.41. The third-order valence-electron chi connectivity index (χ3n) is 6.43. The molecule has 2 amide bonds. The van der Waals surface area contributed by atoms with E-state index in [-0.39, 0.29) is 6.04 Å². The van der Waals surface area contributed by atoms with E-state index in [0.29, 0.717) is 19.6 Å². The van der Waals surface area contributed by atoms with Crippen molar-refractivity contribution < 1.29 is 14.3 Å². The van der Waals surface area contributed by atoms with Gasteiger partial charge in [0.05, 0.1) is 19.3 Å². The number of hydrogen-bond donors (Lipinski definition) is 1. The highest BCUT2D eigenvalue weighted by molar-refractivity contribution is 6.35. The minimum atomic E-state index is -0.493. The van der Waals surface area contributed by atoms with Crippen LogP contribution in [0.25, 0.3) is 0 Å². The summed E-state index contributed by atoms with van der Waals surface area (Å²) in [6.45, 7) is 7.40. The van der Waals surface area contributed by atoms with E-state index in [4.69, 9.17) is 4.74 Å². The first kappa shape index (κ1) is 23.4. The van der Waals surface area contributed by atoms with E-state index in [2.05, 4.69) is 63.6 Å². The lowest BCUT2D eigenvalue weighted by molar-refractivity contribution is -0.147. The zero-order valence-corrected chi connectivity index (χ0v) is 19.2. The minimum Gasteiger partial charge on any atom is -0.379 e. The number of amides is 2. The summed E-state index contributed by atoms with van der Waals surface area (Å²) in [7, 11) is 0. The maximum absolute atomic E-state index is 12.7. The standard InChI is InChI=1S/C26H34N4O3/c31-25(27-12-7-13-28-18-20-33-21-19-28)26(32)30-16-14-29(15-17-30)24(22-8-3-1-4-9-22)23-10-5-2-6-11-23/h1-6,8-11,24H,7,12-21H2,(H,27,31). The third-order valence-corrected chi connectivity index (χ3v) is 6.43. The van der Waals surface area contributed by atoms with Gasteiger partial charge in [0.25, 0.3) is 0 Å². The predicted molar refractivity (Wildman–Crippen MR) is 128 cm³/mol. The SMILES string of the molecule is O=C(NCCCN1CCOCC1)C(=O)N1CCN(C(c2ccccc2)c2ccccc2)CC1. The minimum absolute atomic E-state index is 0.138. The predicted octanol–water partition coefficient (Wildman–Crippen LogP) is 1.76. The van der Waals surface area contributed by atoms with Crippen molar-refractivity contribution >= 4 is 11.8 Å². The molecule has 0 aliphatic carbocycles. The molecule has 0 unspecified atom stereocenters. The Morgan fingerprint density at radius 2 is 1.39 bits per heavy atom. The molecule has 176 valence electrons. The zero-order chi connectivity index (χ0) is 22.9. The molecule has 7 heteroatoms. The maximum atomic E-state index is 12.7. The lowest BCUT2D eigenvalue weighted by Gasteiger charge is -2.39. The van der Waals surface area contributed by atoms with Crippen molar-refractivity contribution in [3.63, 3.8) is 0 Å². The average molecular weight is 451 g/mol. The Morgan fingerprint density at radius 1 is 0.818 bits per heavy atom. The first-order chi connectivity index (χ1) is 16.2. The van der Waals surface area contributed by atoms with Crippen molar-refractivity contribution in [3.8, 4) is 0 Å². The molecule has 0 radical (unpaired) electrons. The lowest BCUT2D eigenvalue weighted by atomic mass is 9.96. The monoisotopic (exact) mass is 450 g/mol. The molecule has 0 atom stereocenters. The lowest BCUT2D eigenvalue weighted by Crippen LogP contribution is -2.53. The van der Waals surface area contributed by atoms with Gasteiger partial charge in [-0.25, -0.2) is 0 Å². The zero-order valence-electron chi connectivity index (χ0n) is 19.2. The molecular formula is C26H34N4O3. The number of hydrogen-bond acceptors (Lipinski definition) is 5. The molecule has 7 nitrogen and oxygen atoms in total. The molecule has 2 aliphatic heterocycles. The smallest absolute Gasteiger partial charge is 0.311 e. The Hall–Kier alpha value is -2.74. The van der Waals surface area contributed by atoms with Crippen LogP contribution in [0.4, 0.5) is 0 Å². The number of nitrogens with zero attached hydrogens (tertiary/aromatic N) is 3. The van der Waals surface area contributed by atoms with Crippen molar-refractivity contribution in [3.05, 3.63) is 71.8 Å². The highest BCUT2D eigenvalue weighted by Gasteiger charge is 2.30. The first-order valence-corrected chi connectivity index (χ1v) is 11.9. The molecule has 2 aromatic carbocycles. The molecule has 0 spiro atoms. The molecule has 33 heavy (non-hydrogen) atoms. The average Bonchev–Trinajstić information content (AvgIpc) is 2.88. The topological polar surface area (TPSA) is 65.1 Å². The van der Waals surface area contributed by atoms with E-state index < -0.39 is 11.8 Å². The van der Waals surface area contributed by atoms with E-state index in [1.807, 2.05) is 12.1 Å². The molecule has 2 saturated heterocycles. The van der Waals surface area contributed by atoms with Crippen LogP contribution < -0.4 is 5.32 Å². The van der Waals surface area contributed by atoms with Crippen LogP contribution in [0.15, 0.2) is 60.7 Å². The Labute approximate surface area is 196 Å². The highest BCUT2D eigenvalue weighted by Crippen LogP contribution is 2.29. The van der Waals surface area contributed by atoms with Crippen molar-refractivity contribution in [1.82, 2.24) is 20.0 Å². The first-order valence-electron chi connectivity index (χ1n) is 11.9. The van der Waals surface area contributed by atoms with Gasteiger partial charge in [-0.3, -0.25) is 19.4 Å². The van der Waals surface area contributed by atoms with Gasteiger partial charge in [-0.05, 0) is 24.1 Å². The maximum Gasteiger partial charge on any atom is 0.311 e. The molecule has 0 aromatic heterocycles. The number of carbonyl (C=O) groups is 2. The van der Waals surface area contributed by atoms with Gasteiger partial charge in [-0.2, -0.15) is 0 Å². The van der Waals surface area contributed by atoms with Crippen LogP contribution in [-0.4, -0.2) is 92.1 Å². The van der Waals surface area contributed by atoms with Crippen LogP contribution >= 0.6 is 0 Å². The largest absolute Gasteiger partial charge is 0.379 e. The van der Waals surface area contributed by atoms with Crippen LogP contribution in [0.3, 0.4) is 0 Å². The quantitative estimate of drug-likeness (QED) is 0.515. The summed E-state index contributed by atoms with van der Waals surface area (Å²) in [4.78, 5) is 31.5. The molecule has 2 aromatic rings. The number of nitrogens with one attached hydrogen (secondary N) is 1. The van der Waals surface area contributed by atoms with Crippen LogP contribution in [0.5, 0.6) is 0 Å². The van der Waals surface area contributed by atoms with Gasteiger partial charge in [-0.1, -0.05) is 60.7 Å². The molecule has 2 heterocycles. The van der Waals surface area contributed by atoms with Crippen molar-refractivity contribution in [2.45, 2.75) is 12.5 Å². The van der Waals surface area contributed by atoms with E-state index in [1.165, 1.54) is 11.1 Å². The Bertz CT molecular complexity index is 839. The van der Waals surface area contributed by atoms with E-state index in [9.17, 15) is 9.59 Å². The number of carbonyl (C=O) groups excluding carboxylic acids is 2. The van der Waals surface area contributed by atoms with Gasteiger partial charge in [0.2, 0.25) is 0 Å². The number of benzene rings is 2. The summed E-state index contributed by atoms with van der Waals surface area (Å²) >= 11 is 0. The number of piperazine rings is 1. The van der Waals surface area contributed by atoms with E-state index in [1.54, 1.807) is 4.90 Å². The van der Waals surface area contributed by atoms with E-state index in [0.717, 1.165) is 52.4 Å². The molecule has 0 saturated carbocycles. The molecular weight excluding hydrogens is 416 g/mol. The summed E-state index contributed by atoms with van der Waals surface area (Å²) in [5, 5.41) is 2.80. The summed E-state index contributed by atoms with van der Waals surface area (Å²) < 4.78 is 5.35.